The second-order valence-corrected chi connectivity index (χ2v) is 14.6. The molecule has 0 atom stereocenters. The highest BCUT2D eigenvalue weighted by atomic mass is 15.5. The summed E-state index contributed by atoms with van der Waals surface area (Å²) in [5, 5.41) is 2.05. The second-order valence-electron chi connectivity index (χ2n) is 14.6. The van der Waals surface area contributed by atoms with Crippen molar-refractivity contribution in [1.82, 2.24) is 64.4 Å². The van der Waals surface area contributed by atoms with Crippen molar-refractivity contribution < 1.29 is 0 Å². The molecular weight excluding hydrogens is 815 g/mol. The molecule has 0 fully saturated rings. The molecule has 0 N–H and O–H groups in total. The normalized spacial score (nSPS) is 12.5. The zero-order valence-electron chi connectivity index (χ0n) is 34.0. The Morgan fingerprint density at radius 3 is 0.938 bits per heavy atom. The van der Waals surface area contributed by atoms with Gasteiger partial charge in [-0.25, -0.2) is 59.5 Å². The maximum Gasteiger partial charge on any atom is 0.241 e. The molecule has 0 saturated carbocycles. The van der Waals surface area contributed by atoms with E-state index in [0.29, 0.717) is 22.7 Å². The van der Waals surface area contributed by atoms with Crippen LogP contribution in [0.2, 0.25) is 0 Å². The van der Waals surface area contributed by atoms with E-state index >= 15 is 0 Å². The fourth-order valence-electron chi connectivity index (χ4n) is 7.95. The number of para-hydroxylation sites is 5. The summed E-state index contributed by atoms with van der Waals surface area (Å²) in [4.78, 5) is 65.1. The van der Waals surface area contributed by atoms with Gasteiger partial charge in [0.15, 0.2) is 0 Å². The smallest absolute Gasteiger partial charge is 0.241 e. The Balaban J connectivity index is 1.14. The zero-order chi connectivity index (χ0) is 43.1. The zero-order valence-corrected chi connectivity index (χ0v) is 34.0. The van der Waals surface area contributed by atoms with E-state index in [4.69, 9.17) is 39.9 Å². The Hall–Kier alpha value is -9.64. The fraction of sp³-hybridized carbons (Fsp3) is 0. The molecule has 6 aromatic carbocycles. The van der Waals surface area contributed by atoms with Gasteiger partial charge in [-0.15, -0.1) is 0 Å². The minimum absolute atomic E-state index is 0.209. The summed E-state index contributed by atoms with van der Waals surface area (Å²) in [6, 6.07) is 53.6. The number of nitrogens with zero attached hydrogens (tertiary/aromatic N) is 17. The molecule has 0 aliphatic carbocycles. The van der Waals surface area contributed by atoms with Gasteiger partial charge in [-0.2, -0.15) is 19.9 Å². The van der Waals surface area contributed by atoms with Gasteiger partial charge in [0.25, 0.3) is 0 Å². The van der Waals surface area contributed by atoms with Crippen molar-refractivity contribution in [2.45, 2.75) is 0 Å². The first kappa shape index (κ1) is 37.1. The molecule has 17 nitrogen and oxygen atoms in total. The van der Waals surface area contributed by atoms with Gasteiger partial charge in [0.05, 0.1) is 33.8 Å². The maximum atomic E-state index is 5.16. The molecule has 308 valence electrons. The number of fused-ring (bicyclic) bond motifs is 11. The van der Waals surface area contributed by atoms with Crippen molar-refractivity contribution in [1.29, 1.82) is 0 Å². The van der Waals surface area contributed by atoms with Crippen LogP contribution in [0.3, 0.4) is 0 Å². The summed E-state index contributed by atoms with van der Waals surface area (Å²) < 4.78 is 2.26. The van der Waals surface area contributed by atoms with Gasteiger partial charge in [0.2, 0.25) is 47.6 Å². The number of benzene rings is 6. The average molecular weight is 846 g/mol. The molecule has 0 amide bonds. The molecule has 6 heterocycles. The van der Waals surface area contributed by atoms with Gasteiger partial charge < -0.3 is 4.57 Å². The second kappa shape index (κ2) is 15.7. The van der Waals surface area contributed by atoms with Gasteiger partial charge in [-0.05, 0) is 72.8 Å². The predicted octanol–water partition coefficient (Wildman–Crippen LogP) is 9.72. The molecule has 11 aromatic rings. The Bertz CT molecular complexity index is 3350. The molecule has 12 rings (SSSR count). The lowest BCUT2D eigenvalue weighted by molar-refractivity contribution is 0.891. The number of hydrogen-bond acceptors (Lipinski definition) is 16. The quantitative estimate of drug-likeness (QED) is 0.160. The van der Waals surface area contributed by atoms with Crippen LogP contribution in [0, 0.1) is 0 Å². The molecule has 0 saturated heterocycles. The van der Waals surface area contributed by atoms with E-state index in [1.807, 2.05) is 127 Å². The largest absolute Gasteiger partial charge is 0.309 e. The van der Waals surface area contributed by atoms with Crippen molar-refractivity contribution in [3.05, 3.63) is 189 Å². The summed E-state index contributed by atoms with van der Waals surface area (Å²) in [6.07, 6.45) is 5.76. The third-order valence-electron chi connectivity index (χ3n) is 10.8. The first-order chi connectivity index (χ1) is 32.2. The van der Waals surface area contributed by atoms with Crippen LogP contribution in [0.1, 0.15) is 0 Å². The van der Waals surface area contributed by atoms with Gasteiger partial charge in [-0.3, -0.25) is 0 Å². The maximum absolute atomic E-state index is 5.16. The topological polar surface area (TPSA) is 173 Å². The fourth-order valence-corrected chi connectivity index (χ4v) is 7.95. The third kappa shape index (κ3) is 6.59. The van der Waals surface area contributed by atoms with Crippen LogP contribution >= 0.6 is 0 Å². The molecule has 5 aromatic heterocycles. The van der Waals surface area contributed by atoms with Crippen LogP contribution in [-0.4, -0.2) is 64.4 Å². The van der Waals surface area contributed by atoms with Crippen molar-refractivity contribution in [2.75, 3.05) is 19.6 Å². The lowest BCUT2D eigenvalue weighted by Gasteiger charge is -2.27. The van der Waals surface area contributed by atoms with Crippen LogP contribution in [-0.2, 0) is 0 Å². The Kier molecular flexibility index (Phi) is 8.96. The van der Waals surface area contributed by atoms with Crippen molar-refractivity contribution in [3.8, 4) is 5.69 Å². The molecule has 17 heteroatoms. The van der Waals surface area contributed by atoms with E-state index in [9.17, 15) is 0 Å². The van der Waals surface area contributed by atoms with Crippen LogP contribution in [0.5, 0.6) is 0 Å². The molecule has 0 unspecified atom stereocenters. The molecule has 0 spiro atoms. The van der Waals surface area contributed by atoms with Crippen LogP contribution in [0.4, 0.5) is 70.3 Å². The van der Waals surface area contributed by atoms with Crippen molar-refractivity contribution in [3.63, 3.8) is 0 Å². The Morgan fingerprint density at radius 1 is 0.246 bits per heavy atom. The molecule has 1 aliphatic rings. The van der Waals surface area contributed by atoms with Crippen molar-refractivity contribution >= 4 is 92.1 Å². The molecule has 8 bridgehead atoms. The predicted molar refractivity (Wildman–Crippen MR) is 247 cm³/mol. The SMILES string of the molecule is c1ccc(N2c3ncnc(n3)N(c3ccccc3)c3ncnc(n3)N(c3ccc4c(c3)c3ccccc3n4-c3ccccc3)c3ncnc(n3)N(c3ccccc3)c3ncnc2n3)cc1. The summed E-state index contributed by atoms with van der Waals surface area (Å²) >= 11 is 0. The summed E-state index contributed by atoms with van der Waals surface area (Å²) in [7, 11) is 0. The minimum atomic E-state index is 0.209. The van der Waals surface area contributed by atoms with E-state index < -0.39 is 0 Å². The third-order valence-corrected chi connectivity index (χ3v) is 10.8. The van der Waals surface area contributed by atoms with Crippen LogP contribution in [0.25, 0.3) is 27.5 Å². The van der Waals surface area contributed by atoms with E-state index in [0.717, 1.165) is 27.5 Å². The summed E-state index contributed by atoms with van der Waals surface area (Å²) in [5.41, 5.74) is 5.82. The molecule has 0 radical (unpaired) electrons. The first-order valence-electron chi connectivity index (χ1n) is 20.5. The first-order valence-corrected chi connectivity index (χ1v) is 20.5. The monoisotopic (exact) mass is 845 g/mol. The number of aromatic nitrogens is 13. The van der Waals surface area contributed by atoms with Crippen LogP contribution < -0.4 is 19.6 Å². The number of rotatable bonds is 5. The lowest BCUT2D eigenvalue weighted by atomic mass is 10.1. The van der Waals surface area contributed by atoms with Crippen molar-refractivity contribution in [2.24, 2.45) is 0 Å². The highest BCUT2D eigenvalue weighted by molar-refractivity contribution is 6.10. The standard InChI is InChI=1S/C48H31N17/c1-5-15-32(16-6-1)61-39-24-14-13-23-37(39)38-27-36(25-26-40(38)61)65-47-55-30-53-45(59-47)63(34-19-9-3-10-20-34)43-51-28-49-41(57-43)62(33-17-7-2-8-18-33)42-50-29-52-44(58-42)64(35-21-11-4-12-22-35)46-54-31-56-48(65)60-46/h1-31H. The molecular formula is C48H31N17. The number of anilines is 12. The van der Waals surface area contributed by atoms with Gasteiger partial charge >= 0.3 is 0 Å². The molecule has 1 aliphatic heterocycles. The van der Waals surface area contributed by atoms with E-state index in [2.05, 4.69) is 60.9 Å². The van der Waals surface area contributed by atoms with Crippen LogP contribution in [0.15, 0.2) is 189 Å². The van der Waals surface area contributed by atoms with E-state index in [-0.39, 0.29) is 47.6 Å². The van der Waals surface area contributed by atoms with E-state index in [1.54, 1.807) is 19.6 Å². The molecule has 65 heavy (non-hydrogen) atoms. The Labute approximate surface area is 369 Å². The highest BCUT2D eigenvalue weighted by Crippen LogP contribution is 2.41. The lowest BCUT2D eigenvalue weighted by Crippen LogP contribution is -2.24. The minimum Gasteiger partial charge on any atom is -0.309 e. The summed E-state index contributed by atoms with van der Waals surface area (Å²) in [6.45, 7) is 0. The Morgan fingerprint density at radius 2 is 0.554 bits per heavy atom. The highest BCUT2D eigenvalue weighted by Gasteiger charge is 2.29. The van der Waals surface area contributed by atoms with E-state index in [1.165, 1.54) is 25.3 Å². The van der Waals surface area contributed by atoms with Gasteiger partial charge in [-0.1, -0.05) is 91.0 Å². The van der Waals surface area contributed by atoms with Gasteiger partial charge in [0, 0.05) is 16.5 Å². The number of hydrogen-bond donors (Lipinski definition) is 0. The average Bonchev–Trinajstić information content (AvgIpc) is 3.70. The van der Waals surface area contributed by atoms with Gasteiger partial charge in [0.1, 0.15) is 25.3 Å². The summed E-state index contributed by atoms with van der Waals surface area (Å²) in [5.74, 6) is 1.72.